The summed E-state index contributed by atoms with van der Waals surface area (Å²) in [6.45, 7) is 0. The second-order valence-corrected chi connectivity index (χ2v) is 11.9. The van der Waals surface area contributed by atoms with E-state index in [9.17, 15) is 4.11 Å². The summed E-state index contributed by atoms with van der Waals surface area (Å²) in [7, 11) is 0. The van der Waals surface area contributed by atoms with E-state index in [0.29, 0.717) is 33.4 Å². The summed E-state index contributed by atoms with van der Waals surface area (Å²) < 4.78 is 67.0. The van der Waals surface area contributed by atoms with Crippen LogP contribution in [0.5, 0.6) is 0 Å². The first-order valence-corrected chi connectivity index (χ1v) is 16.1. The molecule has 7 aromatic carbocycles. The Morgan fingerprint density at radius 1 is 0.400 bits per heavy atom. The van der Waals surface area contributed by atoms with Crippen molar-refractivity contribution in [1.82, 2.24) is 15.0 Å². The number of rotatable bonds is 5. The number of nitrogens with zero attached hydrogens (tertiary/aromatic N) is 3. The Balaban J connectivity index is 1.24. The molecule has 0 aliphatic rings. The van der Waals surface area contributed by atoms with E-state index >= 15 is 0 Å². The Morgan fingerprint density at radius 3 is 1.88 bits per heavy atom. The molecular formula is C45H27N3O2. The minimum Gasteiger partial charge on any atom is -0.456 e. The number of benzene rings is 7. The van der Waals surface area contributed by atoms with E-state index < -0.39 is 0 Å². The van der Waals surface area contributed by atoms with Gasteiger partial charge in [0.25, 0.3) is 0 Å². The van der Waals surface area contributed by atoms with Crippen LogP contribution in [-0.2, 0) is 0 Å². The van der Waals surface area contributed by atoms with Crippen LogP contribution in [0.25, 0.3) is 100 Å². The lowest BCUT2D eigenvalue weighted by molar-refractivity contribution is 0.668. The molecule has 0 aliphatic heterocycles. The second-order valence-electron chi connectivity index (χ2n) is 11.9. The molecule has 3 aromatic heterocycles. The molecule has 0 saturated carbocycles. The molecule has 5 heteroatoms. The van der Waals surface area contributed by atoms with Gasteiger partial charge in [-0.2, -0.15) is 0 Å². The molecule has 3 heterocycles. The number of fused-ring (bicyclic) bond motifs is 6. The first-order chi connectivity index (χ1) is 27.3. The third-order valence-corrected chi connectivity index (χ3v) is 8.89. The predicted octanol–water partition coefficient (Wildman–Crippen LogP) is 12.0. The summed E-state index contributed by atoms with van der Waals surface area (Å²) in [6, 6.07) is 38.4. The summed E-state index contributed by atoms with van der Waals surface area (Å²) in [4.78, 5) is 14.7. The first kappa shape index (κ1) is 22.7. The third kappa shape index (κ3) is 4.67. The fraction of sp³-hybridized carbons (Fsp3) is 0. The van der Waals surface area contributed by atoms with Gasteiger partial charge in [-0.25, -0.2) is 15.0 Å². The summed E-state index contributed by atoms with van der Waals surface area (Å²) in [5.41, 5.74) is 5.28. The molecule has 0 radical (unpaired) electrons. The predicted molar refractivity (Wildman–Crippen MR) is 202 cm³/mol. The Bertz CT molecular complexity index is 3200. The van der Waals surface area contributed by atoms with Gasteiger partial charge in [0, 0.05) is 32.7 Å². The van der Waals surface area contributed by atoms with Crippen LogP contribution in [0.4, 0.5) is 0 Å². The molecule has 0 saturated heterocycles. The zero-order chi connectivity index (χ0) is 38.2. The number of hydrogen-bond acceptors (Lipinski definition) is 5. The molecule has 10 rings (SSSR count). The summed E-state index contributed by atoms with van der Waals surface area (Å²) in [5.74, 6) is 0.507. The summed E-state index contributed by atoms with van der Waals surface area (Å²) >= 11 is 0. The van der Waals surface area contributed by atoms with Crippen molar-refractivity contribution in [2.75, 3.05) is 0 Å². The highest BCUT2D eigenvalue weighted by molar-refractivity contribution is 6.13. The van der Waals surface area contributed by atoms with E-state index in [2.05, 4.69) is 0 Å². The van der Waals surface area contributed by atoms with Gasteiger partial charge in [0.05, 0.1) is 13.8 Å². The molecule has 0 unspecified atom stereocenters. The number of hydrogen-bond donors (Lipinski definition) is 0. The molecular weight excluding hydrogens is 615 g/mol. The second kappa shape index (κ2) is 11.4. The van der Waals surface area contributed by atoms with E-state index in [1.165, 1.54) is 0 Å². The van der Waals surface area contributed by atoms with Crippen LogP contribution in [-0.4, -0.2) is 15.0 Å². The van der Waals surface area contributed by atoms with E-state index in [1.54, 1.807) is 24.3 Å². The van der Waals surface area contributed by atoms with E-state index in [1.807, 2.05) is 103 Å². The van der Waals surface area contributed by atoms with Crippen molar-refractivity contribution in [3.05, 3.63) is 164 Å². The molecule has 50 heavy (non-hydrogen) atoms. The molecule has 0 amide bonds. The van der Waals surface area contributed by atoms with Crippen molar-refractivity contribution in [2.45, 2.75) is 0 Å². The monoisotopic (exact) mass is 647 g/mol. The molecule has 0 fully saturated rings. The summed E-state index contributed by atoms with van der Waals surface area (Å²) in [6.07, 6.45) is 0. The van der Waals surface area contributed by atoms with Crippen LogP contribution in [0.3, 0.4) is 0 Å². The van der Waals surface area contributed by atoms with E-state index in [4.69, 9.17) is 27.9 Å². The zero-order valence-electron chi connectivity index (χ0n) is 32.3. The zero-order valence-corrected chi connectivity index (χ0v) is 26.3. The maximum atomic E-state index is 9.51. The van der Waals surface area contributed by atoms with Crippen molar-refractivity contribution in [2.24, 2.45) is 0 Å². The van der Waals surface area contributed by atoms with Crippen molar-refractivity contribution < 1.29 is 17.1 Å². The van der Waals surface area contributed by atoms with Gasteiger partial charge in [-0.1, -0.05) is 133 Å². The molecule has 0 atom stereocenters. The number of aromatic nitrogens is 3. The van der Waals surface area contributed by atoms with Gasteiger partial charge in [0.1, 0.15) is 22.3 Å². The normalized spacial score (nSPS) is 13.3. The smallest absolute Gasteiger partial charge is 0.167 e. The van der Waals surface area contributed by atoms with Gasteiger partial charge in [0.2, 0.25) is 0 Å². The highest BCUT2D eigenvalue weighted by Crippen LogP contribution is 2.39. The molecule has 0 N–H and O–H groups in total. The van der Waals surface area contributed by atoms with Crippen molar-refractivity contribution in [1.29, 1.82) is 0 Å². The van der Waals surface area contributed by atoms with Crippen molar-refractivity contribution >= 4 is 43.9 Å². The van der Waals surface area contributed by atoms with Crippen molar-refractivity contribution in [3.8, 4) is 56.4 Å². The number of furan rings is 2. The minimum absolute atomic E-state index is 0.0205. The fourth-order valence-electron chi connectivity index (χ4n) is 6.48. The average molecular weight is 648 g/mol. The lowest BCUT2D eigenvalue weighted by Gasteiger charge is -2.09. The van der Waals surface area contributed by atoms with Gasteiger partial charge in [-0.05, 0) is 52.5 Å². The van der Waals surface area contributed by atoms with Crippen LogP contribution in [0.1, 0.15) is 8.22 Å². The van der Waals surface area contributed by atoms with Gasteiger partial charge < -0.3 is 8.83 Å². The maximum absolute atomic E-state index is 9.51. The van der Waals surface area contributed by atoms with Gasteiger partial charge in [-0.15, -0.1) is 0 Å². The molecule has 0 bridgehead atoms. The summed E-state index contributed by atoms with van der Waals surface area (Å²) in [5, 5.41) is 2.15. The van der Waals surface area contributed by atoms with Crippen LogP contribution in [0.2, 0.25) is 0 Å². The largest absolute Gasteiger partial charge is 0.456 e. The van der Waals surface area contributed by atoms with Crippen LogP contribution < -0.4 is 0 Å². The van der Waals surface area contributed by atoms with Gasteiger partial charge in [-0.3, -0.25) is 0 Å². The molecule has 234 valence electrons. The lowest BCUT2D eigenvalue weighted by Crippen LogP contribution is -2.00. The lowest BCUT2D eigenvalue weighted by atomic mass is 9.99. The SMILES string of the molecule is [2H]c1c([2H])c(-c2ccccc2)c2c(oc3c([2H])c(-c4nc(-c5ccc(-c6ccccc6)cc5)nc(-c5cccc6c5oc5ccccc56)n4)c([2H])c([2H])c32)c1[2H]. The van der Waals surface area contributed by atoms with E-state index in [0.717, 1.165) is 21.9 Å². The Hall–Kier alpha value is -6.85. The standard InChI is InChI=1S/C45H27N3O2/c1-3-11-28(12-4-1)29-21-23-31(24-22-29)43-46-44(48-45(47-43)37-18-9-17-35-34-15-7-8-19-38(34)50-42(35)37)32-25-26-36-40(27-32)49-39-20-10-16-33(41(36)39)30-13-5-2-6-14-30/h1-27H/i10D,16D,20D,25D,26D,27D. The van der Waals surface area contributed by atoms with E-state index in [-0.39, 0.29) is 81.2 Å². The quantitative estimate of drug-likeness (QED) is 0.186. The topological polar surface area (TPSA) is 65.0 Å². The number of para-hydroxylation sites is 2. The Labute approximate surface area is 295 Å². The van der Waals surface area contributed by atoms with Gasteiger partial charge in [0.15, 0.2) is 17.5 Å². The minimum atomic E-state index is -0.343. The molecule has 0 aliphatic carbocycles. The van der Waals surface area contributed by atoms with Crippen LogP contribution in [0, 0.1) is 0 Å². The fourth-order valence-corrected chi connectivity index (χ4v) is 6.48. The Kier molecular flexibility index (Phi) is 5.17. The third-order valence-electron chi connectivity index (χ3n) is 8.89. The maximum Gasteiger partial charge on any atom is 0.167 e. The highest BCUT2D eigenvalue weighted by atomic mass is 16.3. The molecule has 0 spiro atoms. The Morgan fingerprint density at radius 2 is 1.06 bits per heavy atom. The van der Waals surface area contributed by atoms with Gasteiger partial charge >= 0.3 is 0 Å². The molecule has 5 nitrogen and oxygen atoms in total. The first-order valence-electron chi connectivity index (χ1n) is 19.1. The average Bonchev–Trinajstić information content (AvgIpc) is 3.83. The molecule has 10 aromatic rings. The van der Waals surface area contributed by atoms with Crippen LogP contribution >= 0.6 is 0 Å². The van der Waals surface area contributed by atoms with Crippen LogP contribution in [0.15, 0.2) is 172 Å². The highest BCUT2D eigenvalue weighted by Gasteiger charge is 2.19. The van der Waals surface area contributed by atoms with Crippen molar-refractivity contribution in [3.63, 3.8) is 0 Å².